The van der Waals surface area contributed by atoms with Gasteiger partial charge in [-0.15, -0.1) is 0 Å². The lowest BCUT2D eigenvalue weighted by Crippen LogP contribution is -2.30. The maximum Gasteiger partial charge on any atom is 0.260 e. The number of thiazole rings is 1. The molecule has 0 fully saturated rings. The zero-order chi connectivity index (χ0) is 24.1. The van der Waals surface area contributed by atoms with Gasteiger partial charge in [0.2, 0.25) is 0 Å². The number of fused-ring (bicyclic) bond motifs is 1. The molecule has 0 aliphatic heterocycles. The van der Waals surface area contributed by atoms with Gasteiger partial charge in [0.05, 0.1) is 31.6 Å². The first-order valence-corrected chi connectivity index (χ1v) is 12.1. The molecule has 0 unspecified atom stereocenters. The molecule has 0 spiro atoms. The molecule has 0 saturated carbocycles. The molecule has 1 heterocycles. The van der Waals surface area contributed by atoms with Crippen molar-refractivity contribution in [3.05, 3.63) is 77.4 Å². The van der Waals surface area contributed by atoms with E-state index in [9.17, 15) is 4.79 Å². The van der Waals surface area contributed by atoms with Crippen molar-refractivity contribution < 1.29 is 19.0 Å². The molecule has 4 rings (SSSR count). The maximum absolute atomic E-state index is 13.9. The molecule has 0 aliphatic rings. The molecule has 1 amide bonds. The van der Waals surface area contributed by atoms with Crippen LogP contribution in [-0.4, -0.2) is 31.2 Å². The fourth-order valence-electron chi connectivity index (χ4n) is 3.71. The van der Waals surface area contributed by atoms with Gasteiger partial charge in [0.1, 0.15) is 11.3 Å². The minimum absolute atomic E-state index is 0.163. The highest BCUT2D eigenvalue weighted by atomic mass is 32.1. The minimum atomic E-state index is -0.163. The summed E-state index contributed by atoms with van der Waals surface area (Å²) in [5.74, 6) is 1.70. The molecule has 0 atom stereocenters. The number of anilines is 1. The van der Waals surface area contributed by atoms with Crippen LogP contribution in [0.15, 0.2) is 60.7 Å². The lowest BCUT2D eigenvalue weighted by Gasteiger charge is -2.21. The van der Waals surface area contributed by atoms with Gasteiger partial charge in [0.15, 0.2) is 16.6 Å². The number of hydrogen-bond acceptors (Lipinski definition) is 6. The molecule has 6 nitrogen and oxygen atoms in total. The zero-order valence-electron chi connectivity index (χ0n) is 19.8. The second-order valence-electron chi connectivity index (χ2n) is 7.66. The molecule has 0 saturated heterocycles. The van der Waals surface area contributed by atoms with Gasteiger partial charge in [-0.1, -0.05) is 47.7 Å². The second kappa shape index (κ2) is 10.6. The van der Waals surface area contributed by atoms with E-state index in [0.717, 1.165) is 21.3 Å². The van der Waals surface area contributed by atoms with Crippen LogP contribution < -0.4 is 19.1 Å². The van der Waals surface area contributed by atoms with E-state index in [1.807, 2.05) is 63.2 Å². The Bertz CT molecular complexity index is 1290. The van der Waals surface area contributed by atoms with Crippen molar-refractivity contribution in [2.24, 2.45) is 0 Å². The number of nitrogens with zero attached hydrogens (tertiary/aromatic N) is 2. The van der Waals surface area contributed by atoms with Gasteiger partial charge in [0, 0.05) is 5.56 Å². The number of carbonyl (C=O) groups is 1. The Morgan fingerprint density at radius 3 is 2.35 bits per heavy atom. The van der Waals surface area contributed by atoms with E-state index in [2.05, 4.69) is 0 Å². The zero-order valence-corrected chi connectivity index (χ0v) is 20.6. The average molecular weight is 477 g/mol. The quantitative estimate of drug-likeness (QED) is 0.285. The SMILES string of the molecule is CCOc1ccc(C(=O)N(Cc2ccccc2)c2nc3c(OC)ccc(C)c3s2)cc1OCC. The summed E-state index contributed by atoms with van der Waals surface area (Å²) in [4.78, 5) is 20.4. The highest BCUT2D eigenvalue weighted by molar-refractivity contribution is 7.22. The van der Waals surface area contributed by atoms with Gasteiger partial charge in [-0.25, -0.2) is 4.98 Å². The van der Waals surface area contributed by atoms with E-state index in [4.69, 9.17) is 19.2 Å². The maximum atomic E-state index is 13.9. The third-order valence-electron chi connectivity index (χ3n) is 5.36. The topological polar surface area (TPSA) is 60.9 Å². The fraction of sp³-hybridized carbons (Fsp3) is 0.259. The highest BCUT2D eigenvalue weighted by Crippen LogP contribution is 2.38. The van der Waals surface area contributed by atoms with Crippen molar-refractivity contribution in [1.82, 2.24) is 4.98 Å². The van der Waals surface area contributed by atoms with Crippen molar-refractivity contribution in [3.8, 4) is 17.2 Å². The summed E-state index contributed by atoms with van der Waals surface area (Å²) in [5, 5.41) is 0.614. The first-order chi connectivity index (χ1) is 16.5. The molecule has 0 N–H and O–H groups in total. The Hall–Kier alpha value is -3.58. The van der Waals surface area contributed by atoms with Crippen LogP contribution in [0.5, 0.6) is 17.2 Å². The van der Waals surface area contributed by atoms with Crippen LogP contribution in [0.1, 0.15) is 35.3 Å². The lowest BCUT2D eigenvalue weighted by molar-refractivity contribution is 0.0984. The van der Waals surface area contributed by atoms with E-state index in [1.165, 1.54) is 11.3 Å². The van der Waals surface area contributed by atoms with E-state index in [-0.39, 0.29) is 5.91 Å². The molecule has 0 bridgehead atoms. The van der Waals surface area contributed by atoms with Gasteiger partial charge in [0.25, 0.3) is 5.91 Å². The van der Waals surface area contributed by atoms with Gasteiger partial charge in [-0.05, 0) is 56.2 Å². The van der Waals surface area contributed by atoms with E-state index >= 15 is 0 Å². The minimum Gasteiger partial charge on any atom is -0.494 e. The first-order valence-electron chi connectivity index (χ1n) is 11.2. The number of hydrogen-bond donors (Lipinski definition) is 0. The third-order valence-corrected chi connectivity index (χ3v) is 6.58. The summed E-state index contributed by atoms with van der Waals surface area (Å²) >= 11 is 1.49. The van der Waals surface area contributed by atoms with E-state index in [1.54, 1.807) is 30.2 Å². The number of methoxy groups -OCH3 is 1. The molecule has 176 valence electrons. The fourth-order valence-corrected chi connectivity index (χ4v) is 4.76. The number of amides is 1. The summed E-state index contributed by atoms with van der Waals surface area (Å²) in [6, 6.07) is 19.1. The van der Waals surface area contributed by atoms with Crippen LogP contribution in [0, 0.1) is 6.92 Å². The van der Waals surface area contributed by atoms with Gasteiger partial charge >= 0.3 is 0 Å². The Balaban J connectivity index is 1.79. The number of benzene rings is 3. The first kappa shape index (κ1) is 23.6. The summed E-state index contributed by atoms with van der Waals surface area (Å²) in [6.07, 6.45) is 0. The van der Waals surface area contributed by atoms with Crippen molar-refractivity contribution >= 4 is 32.6 Å². The number of rotatable bonds is 9. The van der Waals surface area contributed by atoms with E-state index < -0.39 is 0 Å². The molecular formula is C27H28N2O4S. The Kier molecular flexibility index (Phi) is 7.33. The third kappa shape index (κ3) is 4.84. The van der Waals surface area contributed by atoms with Crippen LogP contribution in [0.2, 0.25) is 0 Å². The molecule has 34 heavy (non-hydrogen) atoms. The highest BCUT2D eigenvalue weighted by Gasteiger charge is 2.24. The molecule has 0 aliphatic carbocycles. The second-order valence-corrected chi connectivity index (χ2v) is 8.64. The molecule has 0 radical (unpaired) electrons. The Labute approximate surface area is 203 Å². The van der Waals surface area contributed by atoms with Crippen molar-refractivity contribution in [3.63, 3.8) is 0 Å². The number of aromatic nitrogens is 1. The predicted octanol–water partition coefficient (Wildman–Crippen LogP) is 6.26. The number of carbonyl (C=O) groups excluding carboxylic acids is 1. The summed E-state index contributed by atoms with van der Waals surface area (Å²) < 4.78 is 18.0. The van der Waals surface area contributed by atoms with Gasteiger partial charge < -0.3 is 14.2 Å². The van der Waals surface area contributed by atoms with Gasteiger partial charge in [-0.2, -0.15) is 0 Å². The van der Waals surface area contributed by atoms with Gasteiger partial charge in [-0.3, -0.25) is 9.69 Å². The summed E-state index contributed by atoms with van der Waals surface area (Å²) in [6.45, 7) is 7.23. The van der Waals surface area contributed by atoms with Crippen molar-refractivity contribution in [2.75, 3.05) is 25.2 Å². The van der Waals surface area contributed by atoms with Crippen LogP contribution in [-0.2, 0) is 6.54 Å². The smallest absolute Gasteiger partial charge is 0.260 e. The van der Waals surface area contributed by atoms with Crippen molar-refractivity contribution in [1.29, 1.82) is 0 Å². The van der Waals surface area contributed by atoms with Crippen LogP contribution in [0.25, 0.3) is 10.2 Å². The average Bonchev–Trinajstić information content (AvgIpc) is 3.30. The predicted molar refractivity (Wildman–Crippen MR) is 137 cm³/mol. The molecule has 4 aromatic rings. The molecular weight excluding hydrogens is 448 g/mol. The van der Waals surface area contributed by atoms with E-state index in [0.29, 0.717) is 47.7 Å². The normalized spacial score (nSPS) is 10.8. The van der Waals surface area contributed by atoms with Crippen LogP contribution >= 0.6 is 11.3 Å². The Morgan fingerprint density at radius 2 is 1.65 bits per heavy atom. The van der Waals surface area contributed by atoms with Crippen molar-refractivity contribution in [2.45, 2.75) is 27.3 Å². The molecule has 3 aromatic carbocycles. The number of ether oxygens (including phenoxy) is 3. The number of aryl methyl sites for hydroxylation is 1. The molecule has 1 aromatic heterocycles. The van der Waals surface area contributed by atoms with Crippen LogP contribution in [0.4, 0.5) is 5.13 Å². The monoisotopic (exact) mass is 476 g/mol. The summed E-state index contributed by atoms with van der Waals surface area (Å²) in [5.41, 5.74) is 3.36. The van der Waals surface area contributed by atoms with Crippen LogP contribution in [0.3, 0.4) is 0 Å². The lowest BCUT2D eigenvalue weighted by atomic mass is 10.1. The standard InChI is InChI=1S/C27H28N2O4S/c1-5-32-21-15-13-20(16-23(21)33-6-2)26(30)29(17-19-10-8-7-9-11-19)27-28-24-22(31-4)14-12-18(3)25(24)34-27/h7-16H,5-6,17H2,1-4H3. The summed E-state index contributed by atoms with van der Waals surface area (Å²) in [7, 11) is 1.63. The largest absolute Gasteiger partial charge is 0.494 e. The Morgan fingerprint density at radius 1 is 0.941 bits per heavy atom. The molecule has 7 heteroatoms.